The maximum Gasteiger partial charge on any atom is 0.136 e. The van der Waals surface area contributed by atoms with E-state index in [9.17, 15) is 0 Å². The third-order valence-electron chi connectivity index (χ3n) is 3.40. The van der Waals surface area contributed by atoms with Gasteiger partial charge in [-0.05, 0) is 23.9 Å². The van der Waals surface area contributed by atoms with E-state index in [4.69, 9.17) is 4.98 Å². The number of likely N-dealkylation sites (N-methyl/N-ethyl adjacent to an activating group) is 1. The van der Waals surface area contributed by atoms with Gasteiger partial charge in [-0.1, -0.05) is 44.2 Å². The Morgan fingerprint density at radius 2 is 2.10 bits per heavy atom. The molecule has 3 heteroatoms. The van der Waals surface area contributed by atoms with Crippen molar-refractivity contribution < 1.29 is 0 Å². The molecule has 1 heterocycles. The van der Waals surface area contributed by atoms with Crippen molar-refractivity contribution in [2.24, 2.45) is 5.92 Å². The summed E-state index contributed by atoms with van der Waals surface area (Å²) in [6, 6.07) is 10.6. The minimum atomic E-state index is 0.647. The summed E-state index contributed by atoms with van der Waals surface area (Å²) in [5.74, 6) is 1.67. The van der Waals surface area contributed by atoms with E-state index in [2.05, 4.69) is 68.0 Å². The summed E-state index contributed by atoms with van der Waals surface area (Å²) in [5, 5.41) is 5.89. The number of anilines is 1. The van der Waals surface area contributed by atoms with Crippen molar-refractivity contribution in [1.82, 2.24) is 10.3 Å². The molecule has 0 amide bonds. The topological polar surface area (TPSA) is 28.2 Å². The van der Waals surface area contributed by atoms with Gasteiger partial charge in [-0.25, -0.2) is 4.98 Å². The highest BCUT2D eigenvalue weighted by Gasteiger charge is 2.09. The molecule has 0 aliphatic rings. The smallest absolute Gasteiger partial charge is 0.136 e. The van der Waals surface area contributed by atoms with Gasteiger partial charge in [0, 0.05) is 25.5 Å². The van der Waals surface area contributed by atoms with Crippen molar-refractivity contribution in [3.8, 4) is 0 Å². The Labute approximate surface area is 127 Å². The van der Waals surface area contributed by atoms with Crippen LogP contribution in [0.3, 0.4) is 0 Å². The van der Waals surface area contributed by atoms with Crippen molar-refractivity contribution in [1.29, 1.82) is 0 Å². The predicted octanol–water partition coefficient (Wildman–Crippen LogP) is 3.60. The molecule has 3 nitrogen and oxygen atoms in total. The Morgan fingerprint density at radius 3 is 2.81 bits per heavy atom. The second kappa shape index (κ2) is 7.23. The van der Waals surface area contributed by atoms with Gasteiger partial charge in [0.25, 0.3) is 0 Å². The van der Waals surface area contributed by atoms with Crippen LogP contribution in [0.4, 0.5) is 5.82 Å². The molecule has 1 N–H and O–H groups in total. The zero-order valence-corrected chi connectivity index (χ0v) is 13.3. The van der Waals surface area contributed by atoms with E-state index < -0.39 is 0 Å². The summed E-state index contributed by atoms with van der Waals surface area (Å²) in [6.07, 6.45) is 1.90. The van der Waals surface area contributed by atoms with Gasteiger partial charge >= 0.3 is 0 Å². The van der Waals surface area contributed by atoms with Gasteiger partial charge in [-0.3, -0.25) is 0 Å². The highest BCUT2D eigenvalue weighted by Crippen LogP contribution is 2.25. The number of rotatable bonds is 7. The molecule has 112 valence electrons. The molecule has 1 aromatic carbocycles. The SMILES string of the molecule is C=CCN(C)c1nc(CNCC(C)C)cc2ccccc12. The summed E-state index contributed by atoms with van der Waals surface area (Å²) in [6.45, 7) is 10.8. The fraction of sp³-hybridized carbons (Fsp3) is 0.389. The molecule has 0 saturated carbocycles. The molecule has 0 atom stereocenters. The Balaban J connectivity index is 2.32. The minimum Gasteiger partial charge on any atom is -0.355 e. The maximum atomic E-state index is 4.83. The van der Waals surface area contributed by atoms with Crippen LogP contribution < -0.4 is 10.2 Å². The third-order valence-corrected chi connectivity index (χ3v) is 3.40. The van der Waals surface area contributed by atoms with E-state index in [0.717, 1.165) is 31.1 Å². The average molecular weight is 283 g/mol. The molecular weight excluding hydrogens is 258 g/mol. The first-order valence-electron chi connectivity index (χ1n) is 7.53. The normalized spacial score (nSPS) is 11.0. The minimum absolute atomic E-state index is 0.647. The van der Waals surface area contributed by atoms with Crippen LogP contribution >= 0.6 is 0 Å². The molecule has 0 spiro atoms. The Kier molecular flexibility index (Phi) is 5.34. The number of nitrogens with zero attached hydrogens (tertiary/aromatic N) is 2. The fourth-order valence-electron chi connectivity index (χ4n) is 2.39. The van der Waals surface area contributed by atoms with Crippen molar-refractivity contribution in [2.75, 3.05) is 25.0 Å². The second-order valence-corrected chi connectivity index (χ2v) is 5.85. The molecule has 0 aliphatic carbocycles. The molecule has 21 heavy (non-hydrogen) atoms. The van der Waals surface area contributed by atoms with Gasteiger partial charge in [-0.15, -0.1) is 6.58 Å². The molecule has 0 radical (unpaired) electrons. The van der Waals surface area contributed by atoms with Crippen LogP contribution in [0, 0.1) is 5.92 Å². The zero-order valence-electron chi connectivity index (χ0n) is 13.3. The Hall–Kier alpha value is -1.87. The van der Waals surface area contributed by atoms with E-state index in [1.165, 1.54) is 10.8 Å². The molecule has 2 aromatic rings. The molecule has 0 unspecified atom stereocenters. The number of pyridine rings is 1. The second-order valence-electron chi connectivity index (χ2n) is 5.85. The number of hydrogen-bond donors (Lipinski definition) is 1. The Morgan fingerprint density at radius 1 is 1.33 bits per heavy atom. The summed E-state index contributed by atoms with van der Waals surface area (Å²) >= 11 is 0. The van der Waals surface area contributed by atoms with E-state index >= 15 is 0 Å². The molecule has 0 aliphatic heterocycles. The Bertz CT molecular complexity index is 604. The molecular formula is C18H25N3. The summed E-state index contributed by atoms with van der Waals surface area (Å²) < 4.78 is 0. The molecule has 2 rings (SSSR count). The van der Waals surface area contributed by atoms with Gasteiger partial charge in [0.05, 0.1) is 5.69 Å². The van der Waals surface area contributed by atoms with Gasteiger partial charge in [-0.2, -0.15) is 0 Å². The van der Waals surface area contributed by atoms with Crippen molar-refractivity contribution in [3.63, 3.8) is 0 Å². The van der Waals surface area contributed by atoms with Crippen LogP contribution in [0.25, 0.3) is 10.8 Å². The van der Waals surface area contributed by atoms with Crippen molar-refractivity contribution >= 4 is 16.6 Å². The van der Waals surface area contributed by atoms with E-state index in [-0.39, 0.29) is 0 Å². The number of fused-ring (bicyclic) bond motifs is 1. The van der Waals surface area contributed by atoms with E-state index in [0.29, 0.717) is 5.92 Å². The van der Waals surface area contributed by atoms with Gasteiger partial charge in [0.1, 0.15) is 5.82 Å². The summed E-state index contributed by atoms with van der Waals surface area (Å²) in [7, 11) is 2.06. The first kappa shape index (κ1) is 15.5. The predicted molar refractivity (Wildman–Crippen MR) is 91.8 cm³/mol. The summed E-state index contributed by atoms with van der Waals surface area (Å²) in [4.78, 5) is 6.97. The van der Waals surface area contributed by atoms with Gasteiger partial charge in [0.15, 0.2) is 0 Å². The molecule has 0 fully saturated rings. The summed E-state index contributed by atoms with van der Waals surface area (Å²) in [5.41, 5.74) is 1.08. The van der Waals surface area contributed by atoms with Crippen molar-refractivity contribution in [2.45, 2.75) is 20.4 Å². The van der Waals surface area contributed by atoms with Crippen LogP contribution in [-0.4, -0.2) is 25.1 Å². The van der Waals surface area contributed by atoms with Crippen LogP contribution in [0.5, 0.6) is 0 Å². The maximum absolute atomic E-state index is 4.83. The van der Waals surface area contributed by atoms with Crippen molar-refractivity contribution in [3.05, 3.63) is 48.7 Å². The van der Waals surface area contributed by atoms with Gasteiger partial charge < -0.3 is 10.2 Å². The fourth-order valence-corrected chi connectivity index (χ4v) is 2.39. The van der Waals surface area contributed by atoms with Crippen LogP contribution in [0.15, 0.2) is 43.0 Å². The third kappa shape index (κ3) is 4.05. The molecule has 1 aromatic heterocycles. The lowest BCUT2D eigenvalue weighted by atomic mass is 10.1. The first-order valence-corrected chi connectivity index (χ1v) is 7.53. The lowest BCUT2D eigenvalue weighted by molar-refractivity contribution is 0.548. The molecule has 0 saturated heterocycles. The lowest BCUT2D eigenvalue weighted by Crippen LogP contribution is -2.22. The monoisotopic (exact) mass is 283 g/mol. The number of aromatic nitrogens is 1. The average Bonchev–Trinajstić information content (AvgIpc) is 2.46. The quantitative estimate of drug-likeness (QED) is 0.787. The standard InChI is InChI=1S/C18H25N3/c1-5-10-21(4)18-17-9-7-6-8-15(17)11-16(20-18)13-19-12-14(2)3/h5-9,11,14,19H,1,10,12-13H2,2-4H3. The highest BCUT2D eigenvalue weighted by molar-refractivity contribution is 5.92. The van der Waals surface area contributed by atoms with Gasteiger partial charge in [0.2, 0.25) is 0 Å². The van der Waals surface area contributed by atoms with E-state index in [1.807, 2.05) is 6.08 Å². The largest absolute Gasteiger partial charge is 0.355 e. The molecule has 0 bridgehead atoms. The number of nitrogens with one attached hydrogen (secondary N) is 1. The van der Waals surface area contributed by atoms with Crippen LogP contribution in [0.1, 0.15) is 19.5 Å². The first-order chi connectivity index (χ1) is 10.1. The zero-order chi connectivity index (χ0) is 15.2. The van der Waals surface area contributed by atoms with E-state index in [1.54, 1.807) is 0 Å². The highest BCUT2D eigenvalue weighted by atomic mass is 15.2. The lowest BCUT2D eigenvalue weighted by Gasteiger charge is -2.19. The van der Waals surface area contributed by atoms with Crippen LogP contribution in [0.2, 0.25) is 0 Å². The van der Waals surface area contributed by atoms with Crippen LogP contribution in [-0.2, 0) is 6.54 Å². The number of hydrogen-bond acceptors (Lipinski definition) is 3. The number of benzene rings is 1.